The Labute approximate surface area is 116 Å². The second-order valence-electron chi connectivity index (χ2n) is 3.85. The first-order valence-corrected chi connectivity index (χ1v) is 5.63. The number of nitrogens with zero attached hydrogens (tertiary/aromatic N) is 1. The predicted molar refractivity (Wildman–Crippen MR) is 65.2 cm³/mol. The lowest BCUT2D eigenvalue weighted by Gasteiger charge is -2.09. The average molecular weight is 300 g/mol. The summed E-state index contributed by atoms with van der Waals surface area (Å²) in [6.07, 6.45) is 1.10. The molecular formula is C13H8F4N2O2. The van der Waals surface area contributed by atoms with Gasteiger partial charge in [-0.15, -0.1) is 0 Å². The van der Waals surface area contributed by atoms with E-state index in [-0.39, 0.29) is 11.3 Å². The van der Waals surface area contributed by atoms with Crippen molar-refractivity contribution in [2.24, 2.45) is 0 Å². The molecule has 0 spiro atoms. The van der Waals surface area contributed by atoms with Crippen LogP contribution in [0.5, 0.6) is 5.75 Å². The second-order valence-corrected chi connectivity index (χ2v) is 3.85. The summed E-state index contributed by atoms with van der Waals surface area (Å²) >= 11 is 0. The lowest BCUT2D eigenvalue weighted by Crippen LogP contribution is -2.13. The van der Waals surface area contributed by atoms with E-state index in [2.05, 4.69) is 15.0 Å². The van der Waals surface area contributed by atoms with Crippen LogP contribution in [0.2, 0.25) is 0 Å². The van der Waals surface area contributed by atoms with Gasteiger partial charge in [-0.3, -0.25) is 4.79 Å². The Morgan fingerprint density at radius 2 is 1.95 bits per heavy atom. The number of ether oxygens (including phenoxy) is 1. The van der Waals surface area contributed by atoms with Gasteiger partial charge in [-0.1, -0.05) is 0 Å². The molecule has 110 valence electrons. The summed E-state index contributed by atoms with van der Waals surface area (Å²) in [5.74, 6) is -3.24. The summed E-state index contributed by atoms with van der Waals surface area (Å²) in [6, 6.07) is 5.11. The number of benzene rings is 1. The van der Waals surface area contributed by atoms with Crippen molar-refractivity contribution in [1.82, 2.24) is 4.98 Å². The molecule has 0 bridgehead atoms. The molecule has 1 amide bonds. The Morgan fingerprint density at radius 3 is 2.57 bits per heavy atom. The molecule has 1 aromatic carbocycles. The summed E-state index contributed by atoms with van der Waals surface area (Å²) in [5.41, 5.74) is -0.00727. The fraction of sp³-hybridized carbons (Fsp3) is 0.0769. The summed E-state index contributed by atoms with van der Waals surface area (Å²) in [4.78, 5) is 15.0. The largest absolute Gasteiger partial charge is 0.432 e. The van der Waals surface area contributed by atoms with E-state index in [1.807, 2.05) is 0 Å². The fourth-order valence-electron chi connectivity index (χ4n) is 1.52. The van der Waals surface area contributed by atoms with Gasteiger partial charge in [-0.05, 0) is 18.2 Å². The van der Waals surface area contributed by atoms with Gasteiger partial charge >= 0.3 is 6.61 Å². The van der Waals surface area contributed by atoms with Crippen LogP contribution in [0.25, 0.3) is 0 Å². The van der Waals surface area contributed by atoms with E-state index in [0.717, 1.165) is 24.4 Å². The number of halogens is 4. The molecule has 0 radical (unpaired) electrons. The van der Waals surface area contributed by atoms with Crippen LogP contribution in [-0.4, -0.2) is 17.5 Å². The molecule has 0 aliphatic rings. The molecule has 21 heavy (non-hydrogen) atoms. The number of carbonyl (C=O) groups is 1. The Balaban J connectivity index is 2.13. The van der Waals surface area contributed by atoms with Crippen molar-refractivity contribution < 1.29 is 27.1 Å². The predicted octanol–water partition coefficient (Wildman–Crippen LogP) is 3.21. The van der Waals surface area contributed by atoms with Crippen LogP contribution in [-0.2, 0) is 0 Å². The van der Waals surface area contributed by atoms with Gasteiger partial charge in [0.25, 0.3) is 5.91 Å². The van der Waals surface area contributed by atoms with Crippen molar-refractivity contribution in [3.8, 4) is 5.75 Å². The van der Waals surface area contributed by atoms with Crippen LogP contribution < -0.4 is 10.1 Å². The number of carbonyl (C=O) groups excluding carboxylic acids is 1. The SMILES string of the molecule is O=C(Nc1ccc(OC(F)F)c(F)c1)c1ccnc(F)c1. The maximum absolute atomic E-state index is 13.4. The number of hydrogen-bond donors (Lipinski definition) is 1. The number of nitrogens with one attached hydrogen (secondary N) is 1. The maximum atomic E-state index is 13.4. The van der Waals surface area contributed by atoms with Crippen LogP contribution in [0.1, 0.15) is 10.4 Å². The van der Waals surface area contributed by atoms with Crippen molar-refractivity contribution >= 4 is 11.6 Å². The number of amides is 1. The normalized spacial score (nSPS) is 10.5. The molecule has 0 atom stereocenters. The number of hydrogen-bond acceptors (Lipinski definition) is 3. The maximum Gasteiger partial charge on any atom is 0.387 e. The first kappa shape index (κ1) is 14.8. The summed E-state index contributed by atoms with van der Waals surface area (Å²) in [6.45, 7) is -3.15. The standard InChI is InChI=1S/C13H8F4N2O2/c14-9-6-8(1-2-10(9)21-13(16)17)19-12(20)7-3-4-18-11(15)5-7/h1-6,13H,(H,19,20). The zero-order valence-electron chi connectivity index (χ0n) is 10.3. The molecule has 0 fully saturated rings. The molecule has 0 unspecified atom stereocenters. The first-order valence-electron chi connectivity index (χ1n) is 5.63. The first-order chi connectivity index (χ1) is 9.95. The molecule has 2 rings (SSSR count). The highest BCUT2D eigenvalue weighted by Gasteiger charge is 2.12. The molecule has 8 heteroatoms. The topological polar surface area (TPSA) is 51.2 Å². The van der Waals surface area contributed by atoms with Gasteiger partial charge in [0.15, 0.2) is 11.6 Å². The van der Waals surface area contributed by atoms with Crippen LogP contribution in [0, 0.1) is 11.8 Å². The van der Waals surface area contributed by atoms with E-state index in [1.54, 1.807) is 0 Å². The van der Waals surface area contributed by atoms with E-state index >= 15 is 0 Å². The van der Waals surface area contributed by atoms with Crippen molar-refractivity contribution in [2.75, 3.05) is 5.32 Å². The number of alkyl halides is 2. The van der Waals surface area contributed by atoms with Gasteiger partial charge in [0.05, 0.1) is 0 Å². The van der Waals surface area contributed by atoms with Crippen LogP contribution >= 0.6 is 0 Å². The summed E-state index contributed by atoms with van der Waals surface area (Å²) in [5, 5.41) is 2.29. The van der Waals surface area contributed by atoms with Gasteiger partial charge in [0.1, 0.15) is 0 Å². The highest BCUT2D eigenvalue weighted by atomic mass is 19.3. The lowest BCUT2D eigenvalue weighted by molar-refractivity contribution is -0.0521. The third kappa shape index (κ3) is 3.91. The minimum absolute atomic E-state index is 0.0105. The number of aromatic nitrogens is 1. The molecule has 0 aliphatic heterocycles. The zero-order chi connectivity index (χ0) is 15.4. The number of pyridine rings is 1. The van der Waals surface area contributed by atoms with Gasteiger partial charge < -0.3 is 10.1 Å². The van der Waals surface area contributed by atoms with Crippen LogP contribution in [0.15, 0.2) is 36.5 Å². The number of anilines is 1. The van der Waals surface area contributed by atoms with E-state index in [9.17, 15) is 22.4 Å². The van der Waals surface area contributed by atoms with E-state index in [4.69, 9.17) is 0 Å². The quantitative estimate of drug-likeness (QED) is 0.697. The molecule has 0 aliphatic carbocycles. The molecule has 1 heterocycles. The van der Waals surface area contributed by atoms with E-state index < -0.39 is 30.0 Å². The molecule has 0 saturated heterocycles. The Hall–Kier alpha value is -2.64. The van der Waals surface area contributed by atoms with Crippen molar-refractivity contribution in [2.45, 2.75) is 6.61 Å². The molecule has 1 aromatic heterocycles. The Morgan fingerprint density at radius 1 is 1.19 bits per heavy atom. The number of rotatable bonds is 4. The third-order valence-corrected chi connectivity index (χ3v) is 2.39. The van der Waals surface area contributed by atoms with Gasteiger partial charge in [0, 0.05) is 29.6 Å². The smallest absolute Gasteiger partial charge is 0.387 e. The van der Waals surface area contributed by atoms with E-state index in [0.29, 0.717) is 0 Å². The monoisotopic (exact) mass is 300 g/mol. The van der Waals surface area contributed by atoms with Gasteiger partial charge in [-0.2, -0.15) is 13.2 Å². The highest BCUT2D eigenvalue weighted by molar-refractivity contribution is 6.04. The second kappa shape index (κ2) is 6.21. The summed E-state index contributed by atoms with van der Waals surface area (Å²) < 4.78 is 54.2. The molecule has 1 N–H and O–H groups in total. The molecule has 0 saturated carbocycles. The van der Waals surface area contributed by atoms with Crippen LogP contribution in [0.3, 0.4) is 0 Å². The van der Waals surface area contributed by atoms with Crippen molar-refractivity contribution in [3.05, 3.63) is 53.9 Å². The van der Waals surface area contributed by atoms with Gasteiger partial charge in [0.2, 0.25) is 5.95 Å². The zero-order valence-corrected chi connectivity index (χ0v) is 10.3. The third-order valence-electron chi connectivity index (χ3n) is 2.39. The Bertz CT molecular complexity index is 664. The molecule has 4 nitrogen and oxygen atoms in total. The van der Waals surface area contributed by atoms with E-state index in [1.165, 1.54) is 12.1 Å². The highest BCUT2D eigenvalue weighted by Crippen LogP contribution is 2.23. The fourth-order valence-corrected chi connectivity index (χ4v) is 1.52. The van der Waals surface area contributed by atoms with Crippen molar-refractivity contribution in [3.63, 3.8) is 0 Å². The Kier molecular flexibility index (Phi) is 4.36. The minimum atomic E-state index is -3.15. The van der Waals surface area contributed by atoms with Gasteiger partial charge in [-0.25, -0.2) is 9.37 Å². The van der Waals surface area contributed by atoms with Crippen molar-refractivity contribution in [1.29, 1.82) is 0 Å². The van der Waals surface area contributed by atoms with Crippen LogP contribution in [0.4, 0.5) is 23.2 Å². The minimum Gasteiger partial charge on any atom is -0.432 e. The summed E-state index contributed by atoms with van der Waals surface area (Å²) in [7, 11) is 0. The lowest BCUT2D eigenvalue weighted by atomic mass is 10.2. The average Bonchev–Trinajstić information content (AvgIpc) is 2.41. The molecular weight excluding hydrogens is 292 g/mol. The molecule has 2 aromatic rings.